The molecule has 17 nitrogen and oxygen atoms in total. The van der Waals surface area contributed by atoms with E-state index < -0.39 is 19.7 Å². The number of ether oxygens (including phenoxy) is 11. The molecule has 10 aromatic carbocycles. The fourth-order valence-electron chi connectivity index (χ4n) is 10.5. The lowest BCUT2D eigenvalue weighted by Gasteiger charge is -2.10. The molecule has 0 fully saturated rings. The second-order valence-electron chi connectivity index (χ2n) is 24.9. The highest BCUT2D eigenvalue weighted by atomic mass is 79.9. The first-order chi connectivity index (χ1) is 52.4. The number of aldehydes is 1. The van der Waals surface area contributed by atoms with Gasteiger partial charge < -0.3 is 76.9 Å². The second kappa shape index (κ2) is 42.8. The smallest absolute Gasteiger partial charge is 0.153 e. The van der Waals surface area contributed by atoms with Gasteiger partial charge in [0.15, 0.2) is 6.29 Å². The maximum atomic E-state index is 14.5. The molecule has 1 heterocycles. The van der Waals surface area contributed by atoms with E-state index in [0.717, 1.165) is 101 Å². The van der Waals surface area contributed by atoms with E-state index in [0.29, 0.717) is 68.5 Å². The zero-order valence-electron chi connectivity index (χ0n) is 65.5. The average Bonchev–Trinajstić information content (AvgIpc) is 1.60. The van der Waals surface area contributed by atoms with Gasteiger partial charge in [-0.1, -0.05) is 73.7 Å². The lowest BCUT2D eigenvalue weighted by Crippen LogP contribution is -2.16. The number of rotatable bonds is 14. The van der Waals surface area contributed by atoms with Crippen molar-refractivity contribution in [2.24, 2.45) is 0 Å². The molecule has 21 heteroatoms. The lowest BCUT2D eigenvalue weighted by atomic mass is 9.97. The van der Waals surface area contributed by atoms with Crippen molar-refractivity contribution in [1.82, 2.24) is 0 Å². The number of furan rings is 1. The number of methoxy groups -OCH3 is 11. The Bertz CT molecular complexity index is 5090. The number of carbonyl (C=O) groups excluding carboxylic acids is 1. The zero-order chi connectivity index (χ0) is 81.5. The number of halogens is 3. The summed E-state index contributed by atoms with van der Waals surface area (Å²) in [4.78, 5) is 10.3. The van der Waals surface area contributed by atoms with Crippen molar-refractivity contribution in [1.29, 1.82) is 0 Å². The topological polar surface area (TPSA) is 213 Å². The van der Waals surface area contributed by atoms with Gasteiger partial charge in [-0.25, -0.2) is 8.78 Å². The molecule has 0 saturated carbocycles. The van der Waals surface area contributed by atoms with Gasteiger partial charge in [0.1, 0.15) is 117 Å². The normalized spacial score (nSPS) is 9.98. The third-order valence-corrected chi connectivity index (χ3v) is 17.4. The van der Waals surface area contributed by atoms with Crippen LogP contribution in [0, 0.1) is 88.8 Å². The third-order valence-electron chi connectivity index (χ3n) is 15.9. The SMILES string of the molecule is C#Cc1cc(OC)cc(C)c1OC.COc1cc(C)c(OC)c(Br)c1.COc1cc(C)c(OC)c(C#C[Si](C)(C)C)c1.COc1ccc(C#Cc2cc(OC)cc(C)c2OC)c(F)c1.COc1ccc(O)c(C)c1.COc1ccc(O)c(C=O)c1.Cc1cc(O)cc2c(-c3ccccc3)c(-c3ccc(O)cc3F)oc12. The standard InChI is InChI=1S/C21H15FO3.C18H17FO3.C14H20O2Si.C11H12O2.C9H11BrO2.C8H8O3.C8H10O2/c1-12-9-15(24)10-17-19(13-5-3-2-4-6-13)21(25-20(12)17)16-8-7-14(23)11-18(16)22;1-12-9-16(21-3)10-14(18(12)22-4)6-5-13-7-8-15(20-2)11-17(13)19;1-11-9-13(15-2)10-12(14(11)16-3)7-8-17(4,5)6;1-5-9-7-10(12-3)6-8(2)11(9)13-4;1-6-4-7(11-2)5-8(10)9(6)12-3;1-11-7-2-3-8(10)6(4-7)5-9;1-6-5-7(10-2)3-4-8(6)9/h2-11,23-24H,1H3;7-11H,1-4H3;9-10H,1-6H3;1,6-7H,2-4H3;4-5H,1-3H3;2-5,10H,1H3;3-5,9H,1-2H3. The molecule has 1 aromatic heterocycles. The van der Waals surface area contributed by atoms with Crippen molar-refractivity contribution in [3.63, 3.8) is 0 Å². The van der Waals surface area contributed by atoms with Gasteiger partial charge in [-0.3, -0.25) is 4.79 Å². The molecular formula is C89H93BrF2O17Si. The van der Waals surface area contributed by atoms with E-state index >= 15 is 0 Å². The maximum absolute atomic E-state index is 14.5. The molecule has 0 spiro atoms. The number of hydrogen-bond acceptors (Lipinski definition) is 17. The summed E-state index contributed by atoms with van der Waals surface area (Å²) in [6, 6.07) is 45.9. The highest BCUT2D eigenvalue weighted by Crippen LogP contribution is 2.45. The number of terminal acetylenes is 1. The Morgan fingerprint density at radius 3 is 1.33 bits per heavy atom. The molecule has 11 aromatic rings. The van der Waals surface area contributed by atoms with Crippen LogP contribution < -0.4 is 52.1 Å². The summed E-state index contributed by atoms with van der Waals surface area (Å²) in [5.41, 5.74) is 14.2. The van der Waals surface area contributed by atoms with Gasteiger partial charge in [0, 0.05) is 23.1 Å². The van der Waals surface area contributed by atoms with Crippen molar-refractivity contribution >= 4 is 41.3 Å². The van der Waals surface area contributed by atoms with Gasteiger partial charge in [-0.2, -0.15) is 0 Å². The molecule has 11 rings (SSSR count). The number of phenols is 4. The van der Waals surface area contributed by atoms with Crippen LogP contribution in [0.15, 0.2) is 173 Å². The Morgan fingerprint density at radius 2 is 0.864 bits per heavy atom. The van der Waals surface area contributed by atoms with Gasteiger partial charge in [-0.15, -0.1) is 12.0 Å². The molecule has 0 atom stereocenters. The second-order valence-corrected chi connectivity index (χ2v) is 30.5. The van der Waals surface area contributed by atoms with Crippen molar-refractivity contribution in [2.45, 2.75) is 61.2 Å². The molecular weight excluding hydrogens is 1490 g/mol. The molecule has 0 aliphatic rings. The highest BCUT2D eigenvalue weighted by Gasteiger charge is 2.23. The Hall–Kier alpha value is -12.4. The van der Waals surface area contributed by atoms with Gasteiger partial charge >= 0.3 is 0 Å². The number of fused-ring (bicyclic) bond motifs is 1. The summed E-state index contributed by atoms with van der Waals surface area (Å²) in [7, 11) is 16.2. The number of phenolic OH excluding ortho intramolecular Hbond substituents is 4. The summed E-state index contributed by atoms with van der Waals surface area (Å²) in [6.07, 6.45) is 5.91. The van der Waals surface area contributed by atoms with Crippen molar-refractivity contribution in [2.75, 3.05) is 78.2 Å². The first-order valence-electron chi connectivity index (χ1n) is 33.8. The van der Waals surface area contributed by atoms with Crippen LogP contribution in [0.2, 0.25) is 19.6 Å². The van der Waals surface area contributed by atoms with Gasteiger partial charge in [0.2, 0.25) is 0 Å². The van der Waals surface area contributed by atoms with E-state index in [9.17, 15) is 23.8 Å². The lowest BCUT2D eigenvalue weighted by molar-refractivity contribution is 0.112. The van der Waals surface area contributed by atoms with E-state index in [2.05, 4.69) is 64.8 Å². The van der Waals surface area contributed by atoms with Crippen molar-refractivity contribution in [3.8, 4) is 144 Å². The van der Waals surface area contributed by atoms with Crippen LogP contribution in [0.3, 0.4) is 0 Å². The molecule has 110 heavy (non-hydrogen) atoms. The molecule has 0 unspecified atom stereocenters. The van der Waals surface area contributed by atoms with Gasteiger partial charge in [0.05, 0.1) is 116 Å². The van der Waals surface area contributed by atoms with Gasteiger partial charge in [-0.05, 0) is 218 Å². The van der Waals surface area contributed by atoms with E-state index in [1.807, 2.05) is 108 Å². The molecule has 0 saturated heterocycles. The molecule has 0 bridgehead atoms. The minimum absolute atomic E-state index is 0.0270. The largest absolute Gasteiger partial charge is 0.508 e. The van der Waals surface area contributed by atoms with Crippen LogP contribution >= 0.6 is 15.9 Å². The van der Waals surface area contributed by atoms with Crippen LogP contribution in [0.5, 0.6) is 86.2 Å². The number of carbonyl (C=O) groups is 1. The zero-order valence-corrected chi connectivity index (χ0v) is 68.1. The van der Waals surface area contributed by atoms with Crippen molar-refractivity contribution in [3.05, 3.63) is 241 Å². The molecule has 0 aliphatic carbocycles. The number of aryl methyl sites for hydroxylation is 6. The Balaban J connectivity index is 0.000000236. The first-order valence-corrected chi connectivity index (χ1v) is 38.1. The Labute approximate surface area is 652 Å². The van der Waals surface area contributed by atoms with Crippen LogP contribution in [0.25, 0.3) is 33.4 Å². The highest BCUT2D eigenvalue weighted by molar-refractivity contribution is 9.10. The minimum Gasteiger partial charge on any atom is -0.508 e. The number of benzene rings is 10. The summed E-state index contributed by atoms with van der Waals surface area (Å²) >= 11 is 3.39. The third kappa shape index (κ3) is 25.1. The summed E-state index contributed by atoms with van der Waals surface area (Å²) in [5, 5.41) is 38.3. The minimum atomic E-state index is -1.38. The predicted molar refractivity (Wildman–Crippen MR) is 436 cm³/mol. The molecule has 0 aliphatic heterocycles. The van der Waals surface area contributed by atoms with E-state index in [4.69, 9.17) is 73.2 Å². The first kappa shape index (κ1) is 88.3. The molecule has 4 N–H and O–H groups in total. The number of hydrogen-bond donors (Lipinski definition) is 4. The summed E-state index contributed by atoms with van der Waals surface area (Å²) < 4.78 is 91.8. The van der Waals surface area contributed by atoms with E-state index in [-0.39, 0.29) is 28.4 Å². The number of aromatic hydroxyl groups is 4. The molecule has 0 amide bonds. The monoisotopic (exact) mass is 1580 g/mol. The maximum Gasteiger partial charge on any atom is 0.153 e. The fourth-order valence-corrected chi connectivity index (χ4v) is 11.7. The van der Waals surface area contributed by atoms with Crippen molar-refractivity contribution < 1.29 is 90.5 Å². The quantitative estimate of drug-likeness (QED) is 0.0453. The fraction of sp³-hybridized carbons (Fsp3) is 0.225. The predicted octanol–water partition coefficient (Wildman–Crippen LogP) is 20.1. The molecule has 576 valence electrons. The van der Waals surface area contributed by atoms with Crippen LogP contribution in [-0.2, 0) is 0 Å². The van der Waals surface area contributed by atoms with Crippen LogP contribution in [-0.4, -0.2) is 113 Å². The van der Waals surface area contributed by atoms with Crippen LogP contribution in [0.1, 0.15) is 66.0 Å². The Morgan fingerprint density at radius 1 is 0.418 bits per heavy atom. The Kier molecular flexibility index (Phi) is 34.4. The summed E-state index contributed by atoms with van der Waals surface area (Å²) in [5.74, 6) is 19.1. The van der Waals surface area contributed by atoms with E-state index in [1.165, 1.54) is 44.6 Å². The summed E-state index contributed by atoms with van der Waals surface area (Å²) in [6.45, 7) is 18.1. The molecule has 0 radical (unpaired) electrons. The van der Waals surface area contributed by atoms with E-state index in [1.54, 1.807) is 125 Å². The average molecular weight is 1580 g/mol. The van der Waals surface area contributed by atoms with Gasteiger partial charge in [0.25, 0.3) is 0 Å². The van der Waals surface area contributed by atoms with Crippen LogP contribution in [0.4, 0.5) is 8.78 Å².